The summed E-state index contributed by atoms with van der Waals surface area (Å²) in [5.74, 6) is -4.01. The number of aromatic carboxylic acids is 3. The monoisotopic (exact) mass is 789 g/mol. The molecule has 18 heteroatoms. The van der Waals surface area contributed by atoms with Gasteiger partial charge in [0.2, 0.25) is 5.78 Å². The van der Waals surface area contributed by atoms with E-state index in [1.165, 1.54) is 83.6 Å². The van der Waals surface area contributed by atoms with Crippen molar-refractivity contribution >= 4 is 58.4 Å². The van der Waals surface area contributed by atoms with Crippen LogP contribution >= 0.6 is 24.4 Å². The predicted molar refractivity (Wildman–Crippen MR) is 176 cm³/mol. The molecule has 0 aliphatic rings. The van der Waals surface area contributed by atoms with Gasteiger partial charge in [-0.25, -0.2) is 4.79 Å². The van der Waals surface area contributed by atoms with E-state index in [1.807, 2.05) is 0 Å². The number of hydrogen-bond acceptors (Lipinski definition) is 13. The molecule has 0 aromatic carbocycles. The second-order valence-corrected chi connectivity index (χ2v) is 9.42. The molecule has 49 heavy (non-hydrogen) atoms. The van der Waals surface area contributed by atoms with Crippen molar-refractivity contribution in [1.29, 1.82) is 0 Å². The van der Waals surface area contributed by atoms with Gasteiger partial charge >= 0.3 is 25.4 Å². The number of carboxylic acids is 3. The maximum absolute atomic E-state index is 12.4. The van der Waals surface area contributed by atoms with Crippen LogP contribution in [0.2, 0.25) is 0 Å². The number of carbonyl (C=O) groups excluding carboxylic acids is 3. The molecule has 1 N–H and O–H groups in total. The van der Waals surface area contributed by atoms with Crippen molar-refractivity contribution in [3.05, 3.63) is 112 Å². The van der Waals surface area contributed by atoms with E-state index in [2.05, 4.69) is 44.4 Å². The Morgan fingerprint density at radius 1 is 0.694 bits per heavy atom. The van der Waals surface area contributed by atoms with Gasteiger partial charge in [-0.1, -0.05) is 24.4 Å². The Hall–Kier alpha value is -5.18. The number of nitrogens with zero attached hydrogens (tertiary/aromatic N) is 7. The van der Waals surface area contributed by atoms with Gasteiger partial charge in [0.25, 0.3) is 0 Å². The minimum atomic E-state index is -1.33. The summed E-state index contributed by atoms with van der Waals surface area (Å²) in [6.07, 6.45) is 5.40. The number of quaternary nitrogens is 1. The number of pyridine rings is 4. The summed E-state index contributed by atoms with van der Waals surface area (Å²) in [4.78, 5) is 60.9. The molecule has 4 heterocycles. The Kier molecular flexibility index (Phi) is 20.0. The van der Waals surface area contributed by atoms with Gasteiger partial charge in [-0.15, -0.1) is 0 Å². The Bertz CT molecular complexity index is 1760. The molecule has 254 valence electrons. The number of rotatable bonds is 10. The van der Waals surface area contributed by atoms with Gasteiger partial charge in [-0.05, 0) is 62.4 Å². The minimum Gasteiger partial charge on any atom is -0.753 e. The molecule has 15 nitrogen and oxygen atoms in total. The first-order valence-corrected chi connectivity index (χ1v) is 14.2. The molecule has 0 saturated heterocycles. The van der Waals surface area contributed by atoms with Crippen LogP contribution in [0.25, 0.3) is 33.6 Å². The molecule has 4 rings (SSSR count). The van der Waals surface area contributed by atoms with Crippen molar-refractivity contribution in [2.24, 2.45) is 0 Å². The van der Waals surface area contributed by atoms with E-state index in [-0.39, 0.29) is 59.9 Å². The van der Waals surface area contributed by atoms with Crippen LogP contribution in [-0.4, -0.2) is 83.3 Å². The van der Waals surface area contributed by atoms with Gasteiger partial charge in [0, 0.05) is 41.5 Å². The smallest absolute Gasteiger partial charge is 0.753 e. The molecule has 0 aliphatic heterocycles. The Morgan fingerprint density at radius 3 is 1.29 bits per heavy atom. The number of carboxylic acid groups (broad SMARTS) is 3. The number of thiocarbonyl (C=S) groups is 2. The first kappa shape index (κ1) is 43.8. The fraction of sp³-hybridized carbons (Fsp3) is 0.161. The molecule has 0 atom stereocenters. The van der Waals surface area contributed by atoms with E-state index < -0.39 is 22.6 Å². The number of isothiocyanates is 2. The van der Waals surface area contributed by atoms with Gasteiger partial charge < -0.3 is 45.6 Å². The van der Waals surface area contributed by atoms with Gasteiger partial charge in [0.05, 0.1) is 53.4 Å². The third kappa shape index (κ3) is 14.6. The van der Waals surface area contributed by atoms with E-state index in [9.17, 15) is 34.6 Å². The first-order valence-electron chi connectivity index (χ1n) is 13.4. The normalized spacial score (nSPS) is 9.53. The van der Waals surface area contributed by atoms with Gasteiger partial charge in [-0.3, -0.25) is 24.7 Å². The molecule has 4 aromatic heterocycles. The number of hydrogen-bond donors (Lipinski definition) is 1. The maximum Gasteiger partial charge on any atom is 2.00 e. The van der Waals surface area contributed by atoms with E-state index in [0.717, 1.165) is 0 Å². The molecule has 0 amide bonds. The van der Waals surface area contributed by atoms with Crippen molar-refractivity contribution in [2.75, 3.05) is 19.6 Å². The zero-order chi connectivity index (χ0) is 36.3. The van der Waals surface area contributed by atoms with Crippen LogP contribution in [0.4, 0.5) is 0 Å². The maximum atomic E-state index is 12.4. The Balaban J connectivity index is 0.000000816. The molecule has 0 spiro atoms. The average molecular weight is 789 g/mol. The van der Waals surface area contributed by atoms with Crippen LogP contribution in [-0.2, 0) is 19.5 Å². The summed E-state index contributed by atoms with van der Waals surface area (Å²) >= 11 is 7.40. The molecular weight excluding hydrogens is 764 g/mol. The van der Waals surface area contributed by atoms with E-state index in [0.29, 0.717) is 30.0 Å². The summed E-state index contributed by atoms with van der Waals surface area (Å²) in [6.45, 7) is 3.97. The zero-order valence-electron chi connectivity index (χ0n) is 25.7. The van der Waals surface area contributed by atoms with Crippen LogP contribution < -0.4 is 10.2 Å². The third-order valence-corrected chi connectivity index (χ3v) is 6.19. The second-order valence-electron chi connectivity index (χ2n) is 9.05. The van der Waals surface area contributed by atoms with Gasteiger partial charge in [0.15, 0.2) is 0 Å². The zero-order valence-corrected chi connectivity index (χ0v) is 29.0. The molecule has 0 radical (unpaired) electrons. The van der Waals surface area contributed by atoms with E-state index in [4.69, 9.17) is 15.9 Å². The first-order chi connectivity index (χ1) is 22.8. The summed E-state index contributed by atoms with van der Waals surface area (Å²) in [7, 11) is 0. The summed E-state index contributed by atoms with van der Waals surface area (Å²) in [5.41, 5.74) is 1.59. The molecule has 0 fully saturated rings. The summed E-state index contributed by atoms with van der Waals surface area (Å²) in [6, 6.07) is 10.9. The van der Waals surface area contributed by atoms with Crippen molar-refractivity contribution < 1.29 is 58.6 Å². The number of aromatic nitrogens is 4. The van der Waals surface area contributed by atoms with Crippen molar-refractivity contribution in [3.8, 4) is 22.8 Å². The molecule has 0 bridgehead atoms. The van der Waals surface area contributed by atoms with Crippen molar-refractivity contribution in [1.82, 2.24) is 19.9 Å². The fourth-order valence-corrected chi connectivity index (χ4v) is 3.64. The van der Waals surface area contributed by atoms with Gasteiger partial charge in [0.1, 0.15) is 6.54 Å². The number of ketones is 1. The van der Waals surface area contributed by atoms with Crippen LogP contribution in [0, 0.1) is 5.21 Å². The minimum absolute atomic E-state index is 0. The molecule has 0 aliphatic carbocycles. The fourth-order valence-electron chi connectivity index (χ4n) is 3.64. The summed E-state index contributed by atoms with van der Waals surface area (Å²) in [5, 5.41) is 59.7. The number of carbonyl (C=O) groups is 4. The predicted octanol–water partition coefficient (Wildman–Crippen LogP) is 2.56. The second kappa shape index (κ2) is 22.4. The topological polar surface area (TPSA) is 254 Å². The van der Waals surface area contributed by atoms with Crippen LogP contribution in [0.3, 0.4) is 0 Å². The standard InChI is InChI=1S/C17H19N3O4.C12H8N2O4.2CNS.Ru/c1-3-20(24,4-2)11-16(21)12-5-7-18-14(9-12)15-10-13(17(22)23)6-8-19-15;15-11(16)7-1-3-13-9(5-7)10-6-8(12(17)18)2-4-14-10;2*2-1-3;/h5-10H,3-4,11H2,1-2H3,(H,22,23);1-6H,(H,15,16)(H,17,18);;;/q;;2*-1;+2/p-2. The molecular formula is C31H25N7O8RuS2-2. The van der Waals surface area contributed by atoms with E-state index in [1.54, 1.807) is 13.8 Å². The number of Topliss-reactive ketones (excluding diaryl/α,β-unsaturated/α-hetero) is 1. The number of likely N-dealkylation sites (N-methyl/N-ethyl adjacent to an activating group) is 1. The SMILES string of the molecule is CC[N+]([O-])(CC)CC(=O)c1ccnc(-c2cc(C(=O)[O-])ccn2)c1.O=C([O-])c1ccnc(-c2cc(C(=O)O)ccn2)c1.[N-]=C=S.[N-]=C=S.[Ru+2]. The van der Waals surface area contributed by atoms with Crippen LogP contribution in [0.15, 0.2) is 73.3 Å². The third-order valence-electron chi connectivity index (χ3n) is 6.19. The Morgan fingerprint density at radius 2 is 0.980 bits per heavy atom. The Labute approximate surface area is 303 Å². The van der Waals surface area contributed by atoms with Crippen LogP contribution in [0.5, 0.6) is 0 Å². The molecule has 4 aromatic rings. The van der Waals surface area contributed by atoms with Crippen molar-refractivity contribution in [2.45, 2.75) is 13.8 Å². The molecule has 0 unspecified atom stereocenters. The average Bonchev–Trinajstić information content (AvgIpc) is 3.09. The number of hydroxylamine groups is 3. The molecule has 0 saturated carbocycles. The van der Waals surface area contributed by atoms with Crippen molar-refractivity contribution in [3.63, 3.8) is 0 Å². The quantitative estimate of drug-likeness (QED) is 0.0606. The summed E-state index contributed by atoms with van der Waals surface area (Å²) < 4.78 is -0.588. The van der Waals surface area contributed by atoms with Gasteiger partial charge in [-0.2, -0.15) is 10.3 Å². The van der Waals surface area contributed by atoms with E-state index >= 15 is 0 Å². The van der Waals surface area contributed by atoms with Crippen LogP contribution in [0.1, 0.15) is 55.3 Å². The largest absolute Gasteiger partial charge is 2.00 e.